The maximum Gasteiger partial charge on any atom is 0.124 e. The van der Waals surface area contributed by atoms with Crippen LogP contribution in [0, 0.1) is 0 Å². The van der Waals surface area contributed by atoms with Crippen molar-refractivity contribution in [3.63, 3.8) is 0 Å². The highest BCUT2D eigenvalue weighted by Gasteiger charge is 2.02. The Kier molecular flexibility index (Phi) is 3.73. The van der Waals surface area contributed by atoms with Crippen molar-refractivity contribution in [2.45, 2.75) is 13.0 Å². The van der Waals surface area contributed by atoms with Crippen LogP contribution in [0.5, 0.6) is 5.75 Å². The second-order valence-corrected chi connectivity index (χ2v) is 2.78. The average molecular weight is 182 g/mol. The van der Waals surface area contributed by atoms with Crippen molar-refractivity contribution < 1.29 is 14.9 Å². The average Bonchev–Trinajstić information content (AvgIpc) is 2.18. The molecule has 2 N–H and O–H groups in total. The number of methoxy groups -OCH3 is 1. The first kappa shape index (κ1) is 10.0. The van der Waals surface area contributed by atoms with Gasteiger partial charge >= 0.3 is 0 Å². The van der Waals surface area contributed by atoms with E-state index in [2.05, 4.69) is 0 Å². The molecule has 1 aromatic rings. The first-order valence-corrected chi connectivity index (χ1v) is 4.19. The Morgan fingerprint density at radius 1 is 1.31 bits per heavy atom. The van der Waals surface area contributed by atoms with Gasteiger partial charge in [-0.3, -0.25) is 0 Å². The van der Waals surface area contributed by atoms with Crippen LogP contribution in [0.3, 0.4) is 0 Å². The number of hydrogen-bond acceptors (Lipinski definition) is 3. The predicted octanol–water partition coefficient (Wildman–Crippen LogP) is 0.722. The number of benzene rings is 1. The van der Waals surface area contributed by atoms with Crippen molar-refractivity contribution in [1.29, 1.82) is 0 Å². The SMILES string of the molecule is COc1cc(CCO)ccc1CO. The van der Waals surface area contributed by atoms with Crippen LogP contribution < -0.4 is 4.74 Å². The molecule has 0 aromatic heterocycles. The normalized spacial score (nSPS) is 10.1. The molecular formula is C10H14O3. The molecule has 0 saturated heterocycles. The van der Waals surface area contributed by atoms with Gasteiger partial charge in [-0.05, 0) is 18.1 Å². The van der Waals surface area contributed by atoms with Crippen molar-refractivity contribution in [3.8, 4) is 5.75 Å². The molecule has 0 aliphatic heterocycles. The third kappa shape index (κ3) is 2.44. The largest absolute Gasteiger partial charge is 0.496 e. The van der Waals surface area contributed by atoms with E-state index in [1.54, 1.807) is 7.11 Å². The third-order valence-corrected chi connectivity index (χ3v) is 1.92. The van der Waals surface area contributed by atoms with Gasteiger partial charge in [0.1, 0.15) is 5.75 Å². The molecule has 0 fully saturated rings. The molecule has 1 aromatic carbocycles. The van der Waals surface area contributed by atoms with Crippen LogP contribution in [-0.2, 0) is 13.0 Å². The minimum atomic E-state index is -0.0252. The monoisotopic (exact) mass is 182 g/mol. The Labute approximate surface area is 77.6 Å². The molecule has 0 amide bonds. The number of rotatable bonds is 4. The predicted molar refractivity (Wildman–Crippen MR) is 49.7 cm³/mol. The zero-order chi connectivity index (χ0) is 9.68. The van der Waals surface area contributed by atoms with Crippen LogP contribution in [0.4, 0.5) is 0 Å². The van der Waals surface area contributed by atoms with Crippen LogP contribution in [0.2, 0.25) is 0 Å². The quantitative estimate of drug-likeness (QED) is 0.721. The highest BCUT2D eigenvalue weighted by molar-refractivity contribution is 5.37. The molecular weight excluding hydrogens is 168 g/mol. The Bertz CT molecular complexity index is 271. The van der Waals surface area contributed by atoms with Crippen LogP contribution in [0.15, 0.2) is 18.2 Å². The minimum Gasteiger partial charge on any atom is -0.496 e. The van der Waals surface area contributed by atoms with Gasteiger partial charge in [0, 0.05) is 12.2 Å². The fourth-order valence-electron chi connectivity index (χ4n) is 1.20. The van der Waals surface area contributed by atoms with Crippen LogP contribution in [0.1, 0.15) is 11.1 Å². The van der Waals surface area contributed by atoms with Crippen LogP contribution in [0.25, 0.3) is 0 Å². The van der Waals surface area contributed by atoms with E-state index >= 15 is 0 Å². The molecule has 0 heterocycles. The molecule has 13 heavy (non-hydrogen) atoms. The standard InChI is InChI=1S/C10H14O3/c1-13-10-6-8(4-5-11)2-3-9(10)7-12/h2-3,6,11-12H,4-5,7H2,1H3. The van der Waals surface area contributed by atoms with E-state index in [1.807, 2.05) is 18.2 Å². The van der Waals surface area contributed by atoms with E-state index < -0.39 is 0 Å². The van der Waals surface area contributed by atoms with Gasteiger partial charge < -0.3 is 14.9 Å². The van der Waals surface area contributed by atoms with E-state index in [4.69, 9.17) is 14.9 Å². The molecule has 0 spiro atoms. The van der Waals surface area contributed by atoms with Gasteiger partial charge in [-0.1, -0.05) is 12.1 Å². The fraction of sp³-hybridized carbons (Fsp3) is 0.400. The van der Waals surface area contributed by atoms with Gasteiger partial charge in [-0.25, -0.2) is 0 Å². The molecule has 72 valence electrons. The molecule has 0 bridgehead atoms. The fourth-order valence-corrected chi connectivity index (χ4v) is 1.20. The van der Waals surface area contributed by atoms with E-state index in [1.165, 1.54) is 0 Å². The van der Waals surface area contributed by atoms with E-state index in [0.717, 1.165) is 11.1 Å². The second kappa shape index (κ2) is 4.84. The maximum absolute atomic E-state index is 8.94. The highest BCUT2D eigenvalue weighted by Crippen LogP contribution is 2.20. The number of aliphatic hydroxyl groups is 2. The van der Waals surface area contributed by atoms with E-state index in [-0.39, 0.29) is 13.2 Å². The van der Waals surface area contributed by atoms with E-state index in [9.17, 15) is 0 Å². The minimum absolute atomic E-state index is 0.0252. The summed E-state index contributed by atoms with van der Waals surface area (Å²) in [6.45, 7) is 0.101. The Balaban J connectivity index is 2.91. The topological polar surface area (TPSA) is 49.7 Å². The first-order chi connectivity index (χ1) is 6.31. The number of hydrogen-bond donors (Lipinski definition) is 2. The molecule has 0 radical (unpaired) electrons. The van der Waals surface area contributed by atoms with Crippen LogP contribution >= 0.6 is 0 Å². The Morgan fingerprint density at radius 3 is 2.62 bits per heavy atom. The second-order valence-electron chi connectivity index (χ2n) is 2.78. The Hall–Kier alpha value is -1.06. The summed E-state index contributed by atoms with van der Waals surface area (Å²) in [6, 6.07) is 5.52. The van der Waals surface area contributed by atoms with Crippen molar-refractivity contribution in [1.82, 2.24) is 0 Å². The summed E-state index contributed by atoms with van der Waals surface area (Å²) >= 11 is 0. The summed E-state index contributed by atoms with van der Waals surface area (Å²) < 4.78 is 5.08. The molecule has 0 saturated carbocycles. The smallest absolute Gasteiger partial charge is 0.124 e. The lowest BCUT2D eigenvalue weighted by Gasteiger charge is -2.07. The van der Waals surface area contributed by atoms with Crippen molar-refractivity contribution in [2.24, 2.45) is 0 Å². The molecule has 0 atom stereocenters. The van der Waals surface area contributed by atoms with Gasteiger partial charge in [-0.2, -0.15) is 0 Å². The zero-order valence-electron chi connectivity index (χ0n) is 7.66. The molecule has 0 unspecified atom stereocenters. The Morgan fingerprint density at radius 2 is 2.08 bits per heavy atom. The molecule has 1 rings (SSSR count). The molecule has 0 aliphatic rings. The summed E-state index contributed by atoms with van der Waals surface area (Å²) in [6.07, 6.45) is 0.613. The maximum atomic E-state index is 8.94. The van der Waals surface area contributed by atoms with Gasteiger partial charge in [0.05, 0.1) is 13.7 Å². The first-order valence-electron chi connectivity index (χ1n) is 4.19. The molecule has 3 nitrogen and oxygen atoms in total. The summed E-state index contributed by atoms with van der Waals surface area (Å²) in [7, 11) is 1.57. The molecule has 3 heteroatoms. The summed E-state index contributed by atoms with van der Waals surface area (Å²) in [5.41, 5.74) is 1.78. The zero-order valence-corrected chi connectivity index (χ0v) is 7.66. The lowest BCUT2D eigenvalue weighted by atomic mass is 10.1. The number of ether oxygens (including phenoxy) is 1. The van der Waals surface area contributed by atoms with Crippen LogP contribution in [-0.4, -0.2) is 23.9 Å². The van der Waals surface area contributed by atoms with Crippen molar-refractivity contribution in [3.05, 3.63) is 29.3 Å². The van der Waals surface area contributed by atoms with Crippen molar-refractivity contribution >= 4 is 0 Å². The van der Waals surface area contributed by atoms with Gasteiger partial charge in [0.15, 0.2) is 0 Å². The van der Waals surface area contributed by atoms with Gasteiger partial charge in [0.25, 0.3) is 0 Å². The lowest BCUT2D eigenvalue weighted by Crippen LogP contribution is -1.96. The van der Waals surface area contributed by atoms with Gasteiger partial charge in [-0.15, -0.1) is 0 Å². The summed E-state index contributed by atoms with van der Waals surface area (Å²) in [5, 5.41) is 17.7. The van der Waals surface area contributed by atoms with Gasteiger partial charge in [0.2, 0.25) is 0 Å². The van der Waals surface area contributed by atoms with Crippen molar-refractivity contribution in [2.75, 3.05) is 13.7 Å². The highest BCUT2D eigenvalue weighted by atomic mass is 16.5. The summed E-state index contributed by atoms with van der Waals surface area (Å²) in [5.74, 6) is 0.674. The third-order valence-electron chi connectivity index (χ3n) is 1.92. The van der Waals surface area contributed by atoms with E-state index in [0.29, 0.717) is 12.2 Å². The lowest BCUT2D eigenvalue weighted by molar-refractivity contribution is 0.273. The summed E-state index contributed by atoms with van der Waals surface area (Å²) in [4.78, 5) is 0. The number of aliphatic hydroxyl groups excluding tert-OH is 2. The molecule has 0 aliphatic carbocycles.